The summed E-state index contributed by atoms with van der Waals surface area (Å²) in [4.78, 5) is 26.9. The molecule has 0 unspecified atom stereocenters. The Morgan fingerprint density at radius 1 is 1.31 bits per heavy atom. The smallest absolute Gasteiger partial charge is 0.338 e. The van der Waals surface area contributed by atoms with E-state index in [-0.39, 0.29) is 18.4 Å². The van der Waals surface area contributed by atoms with Gasteiger partial charge in [0.25, 0.3) is 0 Å². The molecule has 1 aromatic rings. The quantitative estimate of drug-likeness (QED) is 0.382. The van der Waals surface area contributed by atoms with Gasteiger partial charge in [0.15, 0.2) is 5.11 Å². The molecule has 1 fully saturated rings. The Morgan fingerprint density at radius 3 is 2.72 bits per heavy atom. The molecule has 29 heavy (non-hydrogen) atoms. The molecule has 1 atom stereocenters. The summed E-state index contributed by atoms with van der Waals surface area (Å²) in [5.41, 5.74) is 2.79. The molecular weight excluding hydrogens is 390 g/mol. The zero-order valence-electron chi connectivity index (χ0n) is 17.0. The van der Waals surface area contributed by atoms with Crippen molar-refractivity contribution >= 4 is 34.9 Å². The summed E-state index contributed by atoms with van der Waals surface area (Å²) in [6.07, 6.45) is 1.88. The number of benzene rings is 1. The van der Waals surface area contributed by atoms with Crippen molar-refractivity contribution in [2.45, 2.75) is 32.7 Å². The molecule has 3 rings (SSSR count). The molecule has 0 spiro atoms. The van der Waals surface area contributed by atoms with Crippen LogP contribution in [0.4, 0.5) is 5.69 Å². The topological polar surface area (TPSA) is 79.9 Å². The summed E-state index contributed by atoms with van der Waals surface area (Å²) in [6, 6.07) is 7.02. The fraction of sp³-hybridized carbons (Fsp3) is 0.476. The molecule has 1 saturated carbocycles. The second-order valence-electron chi connectivity index (χ2n) is 7.14. The Morgan fingerprint density at radius 2 is 2.07 bits per heavy atom. The fourth-order valence-electron chi connectivity index (χ4n) is 3.36. The Hall–Kier alpha value is -2.45. The number of nitrogens with zero attached hydrogens (tertiary/aromatic N) is 1. The summed E-state index contributed by atoms with van der Waals surface area (Å²) in [7, 11) is 1.56. The van der Waals surface area contributed by atoms with Crippen LogP contribution in [0.1, 0.15) is 38.3 Å². The van der Waals surface area contributed by atoms with Gasteiger partial charge in [-0.1, -0.05) is 12.1 Å². The number of hydrogen-bond acceptors (Lipinski definition) is 5. The maximum absolute atomic E-state index is 12.9. The maximum atomic E-state index is 12.9. The first kappa shape index (κ1) is 21.3. The van der Waals surface area contributed by atoms with Gasteiger partial charge in [-0.2, -0.15) is 0 Å². The van der Waals surface area contributed by atoms with Gasteiger partial charge in [0.05, 0.1) is 18.2 Å². The number of methoxy groups -OCH3 is 1. The molecule has 156 valence electrons. The number of ether oxygens (including phenoxy) is 2. The zero-order chi connectivity index (χ0) is 21.0. The molecule has 1 aliphatic heterocycles. The number of carbonyl (C=O) groups excluding carboxylic acids is 2. The van der Waals surface area contributed by atoms with Gasteiger partial charge in [-0.3, -0.25) is 4.79 Å². The number of thiocarbonyl (C=S) groups is 1. The highest BCUT2D eigenvalue weighted by molar-refractivity contribution is 7.80. The lowest BCUT2D eigenvalue weighted by atomic mass is 9.94. The van der Waals surface area contributed by atoms with Gasteiger partial charge in [-0.25, -0.2) is 4.79 Å². The van der Waals surface area contributed by atoms with E-state index in [0.29, 0.717) is 29.5 Å². The highest BCUT2D eigenvalue weighted by Crippen LogP contribution is 2.33. The molecule has 7 nitrogen and oxygen atoms in total. The minimum Gasteiger partial charge on any atom is -0.460 e. The molecule has 0 radical (unpaired) electrons. The van der Waals surface area contributed by atoms with Crippen molar-refractivity contribution < 1.29 is 19.1 Å². The van der Waals surface area contributed by atoms with Crippen LogP contribution in [0.2, 0.25) is 0 Å². The third kappa shape index (κ3) is 4.94. The molecule has 1 aromatic carbocycles. The van der Waals surface area contributed by atoms with Crippen molar-refractivity contribution in [3.63, 3.8) is 0 Å². The molecule has 0 aromatic heterocycles. The lowest BCUT2D eigenvalue weighted by Gasteiger charge is -2.37. The number of allylic oxidation sites excluding steroid dienone is 1. The second kappa shape index (κ2) is 9.37. The van der Waals surface area contributed by atoms with Gasteiger partial charge < -0.3 is 25.0 Å². The van der Waals surface area contributed by atoms with Crippen LogP contribution in [-0.2, 0) is 19.1 Å². The maximum Gasteiger partial charge on any atom is 0.338 e. The lowest BCUT2D eigenvalue weighted by molar-refractivity contribution is -0.140. The first-order chi connectivity index (χ1) is 14.0. The van der Waals surface area contributed by atoms with E-state index in [1.54, 1.807) is 7.11 Å². The van der Waals surface area contributed by atoms with E-state index < -0.39 is 12.0 Å². The SMILES string of the molecule is CCN1C(=S)N[C@H](c2cccc(NC(=O)C3CC3)c2)C(C(=O)OCCOC)=C1C. The largest absolute Gasteiger partial charge is 0.460 e. The highest BCUT2D eigenvalue weighted by Gasteiger charge is 2.34. The Kier molecular flexibility index (Phi) is 6.87. The standard InChI is InChI=1S/C21H27N3O4S/c1-4-24-13(2)17(20(26)28-11-10-27-3)18(23-21(24)29)15-6-5-7-16(12-15)22-19(25)14-8-9-14/h5-7,12,14,18H,4,8-11H2,1-3H3,(H,22,25)(H,23,29)/t18-/m1/s1. The average molecular weight is 418 g/mol. The molecular formula is C21H27N3O4S. The van der Waals surface area contributed by atoms with Crippen LogP contribution in [-0.4, -0.2) is 48.8 Å². The van der Waals surface area contributed by atoms with Crippen LogP contribution in [0.5, 0.6) is 0 Å². The Bertz CT molecular complexity index is 835. The number of nitrogens with one attached hydrogen (secondary N) is 2. The predicted octanol–water partition coefficient (Wildman–Crippen LogP) is 2.75. The van der Waals surface area contributed by atoms with E-state index in [9.17, 15) is 9.59 Å². The molecule has 1 amide bonds. The highest BCUT2D eigenvalue weighted by atomic mass is 32.1. The van der Waals surface area contributed by atoms with Crippen molar-refractivity contribution in [3.05, 3.63) is 41.1 Å². The second-order valence-corrected chi connectivity index (χ2v) is 7.53. The van der Waals surface area contributed by atoms with E-state index >= 15 is 0 Å². The van der Waals surface area contributed by atoms with Crippen molar-refractivity contribution in [2.75, 3.05) is 32.2 Å². The van der Waals surface area contributed by atoms with Gasteiger partial charge in [-0.05, 0) is 56.6 Å². The monoisotopic (exact) mass is 417 g/mol. The van der Waals surface area contributed by atoms with E-state index in [0.717, 1.165) is 24.1 Å². The minimum absolute atomic E-state index is 0.0392. The van der Waals surface area contributed by atoms with Crippen LogP contribution in [0, 0.1) is 5.92 Å². The third-order valence-electron chi connectivity index (χ3n) is 5.09. The molecule has 1 heterocycles. The number of rotatable bonds is 8. The van der Waals surface area contributed by atoms with Crippen LogP contribution in [0.15, 0.2) is 35.5 Å². The van der Waals surface area contributed by atoms with Crippen molar-refractivity contribution in [1.82, 2.24) is 10.2 Å². The van der Waals surface area contributed by atoms with E-state index in [4.69, 9.17) is 21.7 Å². The zero-order valence-corrected chi connectivity index (χ0v) is 17.8. The molecule has 2 N–H and O–H groups in total. The van der Waals surface area contributed by atoms with Crippen molar-refractivity contribution in [2.24, 2.45) is 5.92 Å². The average Bonchev–Trinajstić information content (AvgIpc) is 3.53. The van der Waals surface area contributed by atoms with Crippen LogP contribution in [0.25, 0.3) is 0 Å². The number of hydrogen-bond donors (Lipinski definition) is 2. The molecule has 1 aliphatic carbocycles. The van der Waals surface area contributed by atoms with E-state index in [1.165, 1.54) is 0 Å². The van der Waals surface area contributed by atoms with E-state index in [1.807, 2.05) is 43.0 Å². The number of anilines is 1. The number of carbonyl (C=O) groups is 2. The van der Waals surface area contributed by atoms with Crippen LogP contribution in [0.3, 0.4) is 0 Å². The van der Waals surface area contributed by atoms with E-state index in [2.05, 4.69) is 10.6 Å². The first-order valence-electron chi connectivity index (χ1n) is 9.82. The summed E-state index contributed by atoms with van der Waals surface area (Å²) < 4.78 is 10.4. The van der Waals surface area contributed by atoms with Gasteiger partial charge in [-0.15, -0.1) is 0 Å². The summed E-state index contributed by atoms with van der Waals surface area (Å²) in [5.74, 6) is -0.256. The fourth-order valence-corrected chi connectivity index (χ4v) is 3.74. The number of amides is 1. The Labute approximate surface area is 176 Å². The van der Waals surface area contributed by atoms with Gasteiger partial charge in [0.2, 0.25) is 5.91 Å². The summed E-state index contributed by atoms with van der Waals surface area (Å²) in [5, 5.41) is 6.76. The van der Waals surface area contributed by atoms with Gasteiger partial charge >= 0.3 is 5.97 Å². The predicted molar refractivity (Wildman–Crippen MR) is 114 cm³/mol. The van der Waals surface area contributed by atoms with Gasteiger partial charge in [0, 0.05) is 31.0 Å². The lowest BCUT2D eigenvalue weighted by Crippen LogP contribution is -2.47. The van der Waals surface area contributed by atoms with Crippen LogP contribution < -0.4 is 10.6 Å². The first-order valence-corrected chi connectivity index (χ1v) is 10.2. The van der Waals surface area contributed by atoms with Crippen molar-refractivity contribution in [3.8, 4) is 0 Å². The third-order valence-corrected chi connectivity index (χ3v) is 5.43. The molecule has 8 heteroatoms. The summed E-state index contributed by atoms with van der Waals surface area (Å²) in [6.45, 7) is 4.98. The molecule has 2 aliphatic rings. The summed E-state index contributed by atoms with van der Waals surface area (Å²) >= 11 is 5.51. The number of esters is 1. The normalized spacial score (nSPS) is 19.1. The molecule has 0 saturated heterocycles. The Balaban J connectivity index is 1.90. The van der Waals surface area contributed by atoms with Crippen LogP contribution >= 0.6 is 12.2 Å². The minimum atomic E-state index is -0.460. The van der Waals surface area contributed by atoms with Gasteiger partial charge in [0.1, 0.15) is 6.61 Å². The van der Waals surface area contributed by atoms with Crippen molar-refractivity contribution in [1.29, 1.82) is 0 Å². The molecule has 0 bridgehead atoms.